The Kier molecular flexibility index (Phi) is 5.71. The average Bonchev–Trinajstić information content (AvgIpc) is 2.66. The standard InChI is InChI=1S/C23H32N4O3/c1-23(2)14-18-17-12-15(9-10-19(17)30-23)6-3-4-7-16-13-21(29)27(22(24)25-16)11-5-8-20(28)26-18/h9-10,12,16,18H,3-8,11,13-14H2,1-2H3,(H2,24,25)(H,26,28). The van der Waals surface area contributed by atoms with Crippen LogP contribution in [0.25, 0.3) is 0 Å². The summed E-state index contributed by atoms with van der Waals surface area (Å²) in [5.41, 5.74) is 8.03. The molecule has 3 N–H and O–H groups in total. The number of ether oxygens (including phenoxy) is 1. The summed E-state index contributed by atoms with van der Waals surface area (Å²) in [6.45, 7) is 4.53. The normalized spacial score (nSPS) is 27.0. The Morgan fingerprint density at radius 2 is 2.03 bits per heavy atom. The number of nitrogens with one attached hydrogen (secondary N) is 1. The first-order valence-electron chi connectivity index (χ1n) is 11.1. The minimum absolute atomic E-state index is 0.0136. The molecule has 4 aliphatic rings. The third-order valence-electron chi connectivity index (χ3n) is 6.21. The monoisotopic (exact) mass is 412 g/mol. The highest BCUT2D eigenvalue weighted by atomic mass is 16.5. The second kappa shape index (κ2) is 8.28. The fourth-order valence-electron chi connectivity index (χ4n) is 4.71. The van der Waals surface area contributed by atoms with Crippen molar-refractivity contribution in [3.8, 4) is 5.75 Å². The number of amides is 2. The molecule has 5 rings (SSSR count). The molecule has 2 unspecified atom stereocenters. The van der Waals surface area contributed by atoms with Gasteiger partial charge in [0.05, 0.1) is 12.1 Å². The lowest BCUT2D eigenvalue weighted by atomic mass is 9.88. The third-order valence-corrected chi connectivity index (χ3v) is 6.21. The van der Waals surface area contributed by atoms with Gasteiger partial charge in [0.25, 0.3) is 0 Å². The van der Waals surface area contributed by atoms with Crippen LogP contribution in [0, 0.1) is 0 Å². The van der Waals surface area contributed by atoms with E-state index in [0.717, 1.165) is 43.4 Å². The molecule has 0 spiro atoms. The number of benzene rings is 1. The maximum atomic E-state index is 12.7. The first-order valence-corrected chi connectivity index (χ1v) is 11.1. The number of guanidine groups is 1. The topological polar surface area (TPSA) is 97.0 Å². The van der Waals surface area contributed by atoms with Crippen molar-refractivity contribution in [2.24, 2.45) is 10.7 Å². The van der Waals surface area contributed by atoms with E-state index in [2.05, 4.69) is 36.3 Å². The van der Waals surface area contributed by atoms with E-state index in [4.69, 9.17) is 10.5 Å². The van der Waals surface area contributed by atoms with Crippen LogP contribution in [0.1, 0.15) is 76.0 Å². The number of fused-ring (bicyclic) bond motifs is 8. The number of nitrogens with two attached hydrogens (primary N) is 1. The lowest BCUT2D eigenvalue weighted by molar-refractivity contribution is -0.129. The number of aryl methyl sites for hydroxylation is 1. The minimum Gasteiger partial charge on any atom is -0.487 e. The van der Waals surface area contributed by atoms with Crippen LogP contribution in [-0.2, 0) is 16.0 Å². The molecule has 30 heavy (non-hydrogen) atoms. The molecule has 0 saturated carbocycles. The fourth-order valence-corrected chi connectivity index (χ4v) is 4.71. The number of carbonyl (C=O) groups excluding carboxylic acids is 2. The van der Waals surface area contributed by atoms with Crippen LogP contribution < -0.4 is 15.8 Å². The predicted octanol–water partition coefficient (Wildman–Crippen LogP) is 2.83. The van der Waals surface area contributed by atoms with Crippen molar-refractivity contribution in [3.05, 3.63) is 29.3 Å². The van der Waals surface area contributed by atoms with Gasteiger partial charge >= 0.3 is 0 Å². The lowest BCUT2D eigenvalue weighted by Crippen LogP contribution is -2.47. The molecule has 0 fully saturated rings. The molecule has 0 saturated heterocycles. The molecular formula is C23H32N4O3. The maximum absolute atomic E-state index is 12.7. The summed E-state index contributed by atoms with van der Waals surface area (Å²) in [6, 6.07) is 6.24. The molecule has 4 bridgehead atoms. The summed E-state index contributed by atoms with van der Waals surface area (Å²) in [7, 11) is 0. The van der Waals surface area contributed by atoms with E-state index in [9.17, 15) is 9.59 Å². The van der Waals surface area contributed by atoms with Crippen LogP contribution in [0.5, 0.6) is 5.75 Å². The van der Waals surface area contributed by atoms with Crippen molar-refractivity contribution in [1.29, 1.82) is 0 Å². The number of aliphatic imine (C=N–C) groups is 1. The Morgan fingerprint density at radius 1 is 1.20 bits per heavy atom. The minimum atomic E-state index is -0.340. The molecule has 7 nitrogen and oxygen atoms in total. The van der Waals surface area contributed by atoms with Gasteiger partial charge < -0.3 is 15.8 Å². The van der Waals surface area contributed by atoms with Crippen molar-refractivity contribution >= 4 is 17.8 Å². The smallest absolute Gasteiger partial charge is 0.231 e. The molecule has 7 heteroatoms. The molecule has 4 heterocycles. The maximum Gasteiger partial charge on any atom is 0.231 e. The largest absolute Gasteiger partial charge is 0.487 e. The summed E-state index contributed by atoms with van der Waals surface area (Å²) in [5.74, 6) is 1.15. The van der Waals surface area contributed by atoms with Crippen LogP contribution in [0.4, 0.5) is 0 Å². The van der Waals surface area contributed by atoms with Gasteiger partial charge in [0.15, 0.2) is 5.96 Å². The summed E-state index contributed by atoms with van der Waals surface area (Å²) in [5, 5.41) is 3.20. The summed E-state index contributed by atoms with van der Waals surface area (Å²) in [4.78, 5) is 31.3. The first-order chi connectivity index (χ1) is 14.3. The molecule has 2 amide bonds. The molecule has 1 aromatic rings. The molecule has 0 aromatic heterocycles. The lowest BCUT2D eigenvalue weighted by Gasteiger charge is -2.38. The molecule has 1 aromatic carbocycles. The van der Waals surface area contributed by atoms with E-state index in [1.807, 2.05) is 6.07 Å². The number of carbonyl (C=O) groups is 2. The molecule has 0 radical (unpaired) electrons. The summed E-state index contributed by atoms with van der Waals surface area (Å²) < 4.78 is 6.17. The predicted molar refractivity (Wildman–Crippen MR) is 115 cm³/mol. The number of rotatable bonds is 0. The van der Waals surface area contributed by atoms with Crippen LogP contribution >= 0.6 is 0 Å². The van der Waals surface area contributed by atoms with E-state index < -0.39 is 0 Å². The van der Waals surface area contributed by atoms with E-state index >= 15 is 0 Å². The zero-order chi connectivity index (χ0) is 21.3. The molecular weight excluding hydrogens is 380 g/mol. The Bertz CT molecular complexity index is 864. The Balaban J connectivity index is 1.57. The van der Waals surface area contributed by atoms with Gasteiger partial charge in [-0.25, -0.2) is 4.99 Å². The van der Waals surface area contributed by atoms with E-state index in [1.165, 1.54) is 10.5 Å². The van der Waals surface area contributed by atoms with Crippen molar-refractivity contribution < 1.29 is 14.3 Å². The molecule has 2 atom stereocenters. The van der Waals surface area contributed by atoms with Crippen molar-refractivity contribution in [3.63, 3.8) is 0 Å². The fraction of sp³-hybridized carbons (Fsp3) is 0.609. The summed E-state index contributed by atoms with van der Waals surface area (Å²) >= 11 is 0. The van der Waals surface area contributed by atoms with Crippen molar-refractivity contribution in [2.45, 2.75) is 82.9 Å². The zero-order valence-electron chi connectivity index (χ0n) is 17.9. The van der Waals surface area contributed by atoms with Gasteiger partial charge in [-0.15, -0.1) is 0 Å². The van der Waals surface area contributed by atoms with E-state index in [0.29, 0.717) is 31.8 Å². The van der Waals surface area contributed by atoms with Crippen LogP contribution in [0.2, 0.25) is 0 Å². The number of hydrogen-bond acceptors (Lipinski definition) is 5. The van der Waals surface area contributed by atoms with Gasteiger partial charge in [-0.05, 0) is 51.2 Å². The first kappa shape index (κ1) is 20.7. The van der Waals surface area contributed by atoms with Gasteiger partial charge in [0.2, 0.25) is 11.8 Å². The van der Waals surface area contributed by atoms with E-state index in [1.54, 1.807) is 0 Å². The van der Waals surface area contributed by atoms with Crippen LogP contribution in [-0.4, -0.2) is 40.9 Å². The molecule has 4 aliphatic heterocycles. The second-order valence-corrected chi connectivity index (χ2v) is 9.30. The highest BCUT2D eigenvalue weighted by Gasteiger charge is 2.35. The van der Waals surface area contributed by atoms with Crippen LogP contribution in [0.15, 0.2) is 23.2 Å². The van der Waals surface area contributed by atoms with Gasteiger partial charge in [0.1, 0.15) is 11.4 Å². The van der Waals surface area contributed by atoms with Gasteiger partial charge in [-0.2, -0.15) is 0 Å². The Labute approximate surface area is 178 Å². The third kappa shape index (κ3) is 4.60. The van der Waals surface area contributed by atoms with Crippen molar-refractivity contribution in [2.75, 3.05) is 6.54 Å². The number of nitrogens with zero attached hydrogens (tertiary/aromatic N) is 2. The van der Waals surface area contributed by atoms with Gasteiger partial charge in [-0.1, -0.05) is 18.6 Å². The zero-order valence-corrected chi connectivity index (χ0v) is 17.9. The average molecular weight is 413 g/mol. The SMILES string of the molecule is CC1(C)CC2NC(=O)CCCN3C(=O)CC(CCCCc4ccc(c2c4)O1)N=C3N. The molecule has 0 aliphatic carbocycles. The quantitative estimate of drug-likeness (QED) is 0.685. The second-order valence-electron chi connectivity index (χ2n) is 9.30. The highest BCUT2D eigenvalue weighted by Crippen LogP contribution is 2.40. The number of hydrogen-bond donors (Lipinski definition) is 2. The van der Waals surface area contributed by atoms with Gasteiger partial charge in [-0.3, -0.25) is 14.5 Å². The Morgan fingerprint density at radius 3 is 2.83 bits per heavy atom. The van der Waals surface area contributed by atoms with Crippen molar-refractivity contribution in [1.82, 2.24) is 10.2 Å². The Hall–Kier alpha value is -2.57. The van der Waals surface area contributed by atoms with Gasteiger partial charge in [0, 0.05) is 31.4 Å². The highest BCUT2D eigenvalue weighted by molar-refractivity contribution is 5.98. The van der Waals surface area contributed by atoms with E-state index in [-0.39, 0.29) is 29.5 Å². The van der Waals surface area contributed by atoms with Crippen LogP contribution in [0.3, 0.4) is 0 Å². The summed E-state index contributed by atoms with van der Waals surface area (Å²) in [6.07, 6.45) is 5.85. The molecule has 162 valence electrons.